The Kier molecular flexibility index (Phi) is 12.9. The lowest BCUT2D eigenvalue weighted by Gasteiger charge is -2.24. The molecule has 16 heteroatoms. The minimum atomic E-state index is -2.55. The molecule has 0 aliphatic rings. The average Bonchev–Trinajstić information content (AvgIpc) is 2.78. The van der Waals surface area contributed by atoms with Gasteiger partial charge in [-0.1, -0.05) is 0 Å². The second-order valence-electron chi connectivity index (χ2n) is 6.17. The fraction of sp³-hybridized carbons (Fsp3) is 0.625. The number of carbonyl (C=O) groups is 4. The Hall–Kier alpha value is -2.38. The number of aliphatic hydroxyl groups is 10. The molecule has 0 aromatic carbocycles. The highest BCUT2D eigenvalue weighted by molar-refractivity contribution is 6.00. The minimum Gasteiger partial charge on any atom is -0.394 e. The van der Waals surface area contributed by atoms with E-state index in [2.05, 4.69) is 9.47 Å². The molecule has 0 rings (SSSR count). The second-order valence-corrected chi connectivity index (χ2v) is 6.17. The van der Waals surface area contributed by atoms with Gasteiger partial charge >= 0.3 is 23.9 Å². The lowest BCUT2D eigenvalue weighted by molar-refractivity contribution is -0.176. The Morgan fingerprint density at radius 1 is 0.562 bits per heavy atom. The van der Waals surface area contributed by atoms with Crippen LogP contribution in [-0.4, -0.2) is 137 Å². The first-order valence-corrected chi connectivity index (χ1v) is 8.64. The number of esters is 4. The van der Waals surface area contributed by atoms with Crippen molar-refractivity contribution in [2.24, 2.45) is 0 Å². The van der Waals surface area contributed by atoms with Gasteiger partial charge in [-0.25, -0.2) is 19.2 Å². The van der Waals surface area contributed by atoms with Crippen LogP contribution < -0.4 is 0 Å². The summed E-state index contributed by atoms with van der Waals surface area (Å²) in [7, 11) is 0. The molecule has 0 radical (unpaired) electrons. The van der Waals surface area contributed by atoms with Crippen molar-refractivity contribution < 1.29 is 79.7 Å². The van der Waals surface area contributed by atoms with Gasteiger partial charge in [0.15, 0.2) is 12.2 Å². The number of carbonyl (C=O) groups excluding carboxylic acids is 4. The van der Waals surface area contributed by atoms with Crippen molar-refractivity contribution in [1.82, 2.24) is 0 Å². The zero-order valence-corrected chi connectivity index (χ0v) is 16.1. The summed E-state index contributed by atoms with van der Waals surface area (Å²) in [5.41, 5.74) is 0. The summed E-state index contributed by atoms with van der Waals surface area (Å²) in [6, 6.07) is 0. The Morgan fingerprint density at radius 3 is 1.09 bits per heavy atom. The van der Waals surface area contributed by atoms with E-state index >= 15 is 0 Å². The van der Waals surface area contributed by atoms with Crippen LogP contribution in [0.25, 0.3) is 0 Å². The number of ether oxygens (including phenoxy) is 2. The summed E-state index contributed by atoms with van der Waals surface area (Å²) < 4.78 is 8.02. The molecule has 0 saturated carbocycles. The average molecular weight is 472 g/mol. The summed E-state index contributed by atoms with van der Waals surface area (Å²) in [5, 5.41) is 92.1. The van der Waals surface area contributed by atoms with Crippen LogP contribution in [0.3, 0.4) is 0 Å². The van der Waals surface area contributed by atoms with E-state index in [4.69, 9.17) is 20.4 Å². The van der Waals surface area contributed by atoms with Gasteiger partial charge in [0.25, 0.3) is 0 Å². The smallest absolute Gasteiger partial charge is 0.345 e. The summed E-state index contributed by atoms with van der Waals surface area (Å²) in [6.07, 6.45) is -17.6. The molecule has 0 aliphatic carbocycles. The normalized spacial score (nSPS) is 19.2. The van der Waals surface area contributed by atoms with Gasteiger partial charge < -0.3 is 60.5 Å². The molecule has 0 fully saturated rings. The third kappa shape index (κ3) is 9.01. The maximum absolute atomic E-state index is 11.5. The van der Waals surface area contributed by atoms with Crippen molar-refractivity contribution in [3.8, 4) is 0 Å². The van der Waals surface area contributed by atoms with E-state index in [1.54, 1.807) is 0 Å². The summed E-state index contributed by atoms with van der Waals surface area (Å²) >= 11 is 0. The van der Waals surface area contributed by atoms with Crippen molar-refractivity contribution in [2.45, 2.75) is 48.8 Å². The number of hydrogen-bond acceptors (Lipinski definition) is 16. The molecular formula is C16H24O16. The first-order valence-electron chi connectivity index (χ1n) is 8.64. The fourth-order valence-electron chi connectivity index (χ4n) is 1.85. The molecule has 0 amide bonds. The van der Waals surface area contributed by atoms with Crippen LogP contribution >= 0.6 is 0 Å². The van der Waals surface area contributed by atoms with Crippen LogP contribution in [0.4, 0.5) is 0 Å². The lowest BCUT2D eigenvalue weighted by Crippen LogP contribution is -2.49. The van der Waals surface area contributed by atoms with Crippen LogP contribution in [0.2, 0.25) is 0 Å². The predicted molar refractivity (Wildman–Crippen MR) is 93.6 cm³/mol. The molecule has 0 saturated heterocycles. The van der Waals surface area contributed by atoms with Crippen LogP contribution in [0, 0.1) is 0 Å². The van der Waals surface area contributed by atoms with Gasteiger partial charge in [0.1, 0.15) is 36.6 Å². The van der Waals surface area contributed by atoms with Crippen molar-refractivity contribution in [3.63, 3.8) is 0 Å². The standard InChI is InChI=1S/C16H24O16/c17-3-5(19)9(23)11(25)13(27)15(29)31-7(21)1-2-8(22)32-16(30)14(28)12(26)10(24)6(20)4-18/h1-2,5-6,9-14,17-20,23-28H,3-4H2/b2-1+/t5-,6-,9-,10-,11+,12+,13-,14-/m1/s1. The molecule has 0 aromatic heterocycles. The number of aliphatic hydroxyl groups excluding tert-OH is 10. The van der Waals surface area contributed by atoms with Crippen molar-refractivity contribution in [2.75, 3.05) is 13.2 Å². The van der Waals surface area contributed by atoms with Crippen LogP contribution in [0.15, 0.2) is 12.2 Å². The molecule has 16 nitrogen and oxygen atoms in total. The maximum atomic E-state index is 11.5. The van der Waals surface area contributed by atoms with E-state index in [1.807, 2.05) is 0 Å². The van der Waals surface area contributed by atoms with E-state index in [0.717, 1.165) is 0 Å². The third-order valence-corrected chi connectivity index (χ3v) is 3.75. The Morgan fingerprint density at radius 2 is 0.844 bits per heavy atom. The van der Waals surface area contributed by atoms with Crippen molar-refractivity contribution in [1.29, 1.82) is 0 Å². The minimum absolute atomic E-state index is 0.207. The van der Waals surface area contributed by atoms with Crippen LogP contribution in [0.1, 0.15) is 0 Å². The first-order chi connectivity index (χ1) is 14.8. The maximum Gasteiger partial charge on any atom is 0.345 e. The number of hydrogen-bond donors (Lipinski definition) is 10. The monoisotopic (exact) mass is 472 g/mol. The summed E-state index contributed by atoms with van der Waals surface area (Å²) in [5.74, 6) is -6.92. The van der Waals surface area contributed by atoms with Gasteiger partial charge in [-0.15, -0.1) is 0 Å². The second kappa shape index (κ2) is 13.9. The predicted octanol–water partition coefficient (Wildman–Crippen LogP) is -7.45. The van der Waals surface area contributed by atoms with E-state index in [9.17, 15) is 49.8 Å². The fourth-order valence-corrected chi connectivity index (χ4v) is 1.85. The van der Waals surface area contributed by atoms with E-state index in [-0.39, 0.29) is 12.2 Å². The van der Waals surface area contributed by atoms with E-state index < -0.39 is 85.9 Å². The Bertz CT molecular complexity index is 621. The molecule has 10 N–H and O–H groups in total. The third-order valence-electron chi connectivity index (χ3n) is 3.75. The highest BCUT2D eigenvalue weighted by atomic mass is 16.6. The highest BCUT2D eigenvalue weighted by Crippen LogP contribution is 2.08. The quantitative estimate of drug-likeness (QED) is 0.0716. The molecule has 32 heavy (non-hydrogen) atoms. The van der Waals surface area contributed by atoms with Gasteiger partial charge in [-0.3, -0.25) is 0 Å². The molecular weight excluding hydrogens is 448 g/mol. The van der Waals surface area contributed by atoms with E-state index in [1.165, 1.54) is 0 Å². The molecule has 8 atom stereocenters. The molecule has 0 heterocycles. The van der Waals surface area contributed by atoms with Gasteiger partial charge in [0.2, 0.25) is 0 Å². The van der Waals surface area contributed by atoms with Crippen molar-refractivity contribution in [3.05, 3.63) is 12.2 Å². The van der Waals surface area contributed by atoms with Gasteiger partial charge in [0.05, 0.1) is 13.2 Å². The van der Waals surface area contributed by atoms with Gasteiger partial charge in [0, 0.05) is 12.2 Å². The largest absolute Gasteiger partial charge is 0.394 e. The zero-order chi connectivity index (χ0) is 25.2. The SMILES string of the molecule is O=C(/C=C/C(=O)OC(=O)[C@H](O)[C@@H](O)[C@H](O)[C@H](O)CO)OC(=O)[C@H](O)[C@@H](O)[C@H](O)[C@H](O)CO. The molecule has 0 unspecified atom stereocenters. The molecule has 0 aromatic rings. The van der Waals surface area contributed by atoms with E-state index in [0.29, 0.717) is 0 Å². The molecule has 184 valence electrons. The molecule has 0 aliphatic heterocycles. The van der Waals surface area contributed by atoms with Crippen LogP contribution in [-0.2, 0) is 28.7 Å². The van der Waals surface area contributed by atoms with Gasteiger partial charge in [-0.05, 0) is 0 Å². The van der Waals surface area contributed by atoms with Crippen LogP contribution in [0.5, 0.6) is 0 Å². The summed E-state index contributed by atoms with van der Waals surface area (Å²) in [4.78, 5) is 45.9. The Labute approximate surface area is 178 Å². The Balaban J connectivity index is 4.77. The lowest BCUT2D eigenvalue weighted by atomic mass is 10.0. The topological polar surface area (TPSA) is 289 Å². The molecule has 0 bridgehead atoms. The van der Waals surface area contributed by atoms with Gasteiger partial charge in [-0.2, -0.15) is 0 Å². The zero-order valence-electron chi connectivity index (χ0n) is 16.1. The first kappa shape index (κ1) is 29.6. The number of rotatable bonds is 12. The molecule has 0 spiro atoms. The highest BCUT2D eigenvalue weighted by Gasteiger charge is 2.37. The summed E-state index contributed by atoms with van der Waals surface area (Å²) in [6.45, 7) is -2.07. The van der Waals surface area contributed by atoms with Crippen molar-refractivity contribution >= 4 is 23.9 Å².